The molecule has 1 aliphatic heterocycles. The van der Waals surface area contributed by atoms with Gasteiger partial charge in [-0.05, 0) is 101 Å². The van der Waals surface area contributed by atoms with Crippen LogP contribution in [0.15, 0.2) is 162 Å². The molecular formula is C50H26O2. The summed E-state index contributed by atoms with van der Waals surface area (Å²) < 4.78 is 13.8. The summed E-state index contributed by atoms with van der Waals surface area (Å²) in [7, 11) is 0. The summed E-state index contributed by atoms with van der Waals surface area (Å²) in [6.45, 7) is 0. The van der Waals surface area contributed by atoms with Gasteiger partial charge in [0.25, 0.3) is 0 Å². The number of furan rings is 1. The highest BCUT2D eigenvalue weighted by Gasteiger charge is 2.25. The zero-order chi connectivity index (χ0) is 33.7. The molecule has 2 nitrogen and oxygen atoms in total. The highest BCUT2D eigenvalue weighted by molar-refractivity contribution is 6.31. The molecule has 0 bridgehead atoms. The van der Waals surface area contributed by atoms with E-state index in [0.717, 1.165) is 60.7 Å². The molecule has 1 aliphatic rings. The molecule has 2 heterocycles. The third-order valence-corrected chi connectivity index (χ3v) is 11.7. The van der Waals surface area contributed by atoms with Gasteiger partial charge in [0, 0.05) is 37.9 Å². The Labute approximate surface area is 297 Å². The molecular weight excluding hydrogens is 633 g/mol. The van der Waals surface area contributed by atoms with E-state index in [1.807, 2.05) is 0 Å². The van der Waals surface area contributed by atoms with Crippen molar-refractivity contribution in [3.8, 4) is 33.8 Å². The fraction of sp³-hybridized carbons (Fsp3) is 0. The first-order valence-corrected chi connectivity index (χ1v) is 17.9. The molecule has 0 saturated carbocycles. The molecule has 0 aliphatic carbocycles. The largest absolute Gasteiger partial charge is 0.456 e. The van der Waals surface area contributed by atoms with Crippen LogP contribution in [0, 0.1) is 0 Å². The maximum atomic E-state index is 7.18. The van der Waals surface area contributed by atoms with Gasteiger partial charge >= 0.3 is 0 Å². The minimum Gasteiger partial charge on any atom is -0.456 e. The molecule has 2 heteroatoms. The lowest BCUT2D eigenvalue weighted by molar-refractivity contribution is 0.493. The van der Waals surface area contributed by atoms with Gasteiger partial charge in [-0.1, -0.05) is 127 Å². The van der Waals surface area contributed by atoms with Gasteiger partial charge in [-0.2, -0.15) is 0 Å². The highest BCUT2D eigenvalue weighted by Crippen LogP contribution is 2.52. The fourth-order valence-corrected chi connectivity index (χ4v) is 9.52. The van der Waals surface area contributed by atoms with Crippen molar-refractivity contribution in [1.82, 2.24) is 0 Å². The van der Waals surface area contributed by atoms with Gasteiger partial charge in [0.15, 0.2) is 0 Å². The van der Waals surface area contributed by atoms with E-state index in [0.29, 0.717) is 0 Å². The second kappa shape index (κ2) is 9.45. The average molecular weight is 659 g/mol. The van der Waals surface area contributed by atoms with Crippen LogP contribution in [-0.2, 0) is 0 Å². The van der Waals surface area contributed by atoms with Crippen molar-refractivity contribution in [3.63, 3.8) is 0 Å². The number of ether oxygens (including phenoxy) is 1. The zero-order valence-corrected chi connectivity index (χ0v) is 27.8. The molecule has 0 atom stereocenters. The normalized spacial score (nSPS) is 12.8. The monoisotopic (exact) mass is 658 g/mol. The molecule has 13 rings (SSSR count). The number of rotatable bonds is 2. The molecule has 12 aromatic rings. The van der Waals surface area contributed by atoms with Gasteiger partial charge in [-0.25, -0.2) is 0 Å². The first-order chi connectivity index (χ1) is 25.8. The van der Waals surface area contributed by atoms with Crippen molar-refractivity contribution in [2.24, 2.45) is 0 Å². The Morgan fingerprint density at radius 1 is 0.269 bits per heavy atom. The lowest BCUT2D eigenvalue weighted by atomic mass is 9.86. The lowest BCUT2D eigenvalue weighted by Gasteiger charge is -2.22. The third-order valence-electron chi connectivity index (χ3n) is 11.7. The Kier molecular flexibility index (Phi) is 4.89. The Morgan fingerprint density at radius 3 is 1.73 bits per heavy atom. The maximum absolute atomic E-state index is 7.18. The fourth-order valence-electron chi connectivity index (χ4n) is 9.52. The topological polar surface area (TPSA) is 22.4 Å². The van der Waals surface area contributed by atoms with E-state index in [4.69, 9.17) is 9.15 Å². The molecule has 52 heavy (non-hydrogen) atoms. The summed E-state index contributed by atoms with van der Waals surface area (Å²) in [6, 6.07) is 57.6. The van der Waals surface area contributed by atoms with Crippen LogP contribution in [0.4, 0.5) is 0 Å². The van der Waals surface area contributed by atoms with Crippen molar-refractivity contribution >= 4 is 97.3 Å². The van der Waals surface area contributed by atoms with E-state index in [9.17, 15) is 0 Å². The SMILES string of the molecule is c1ccc2c(c1)ccc1c2oc2c(-c3cc4ccc5cccc6c5c4c4c(cccc34)O6)ccc(-c3ccc4ccc5cccc6ccc3c4c56)c21. The summed E-state index contributed by atoms with van der Waals surface area (Å²) in [4.78, 5) is 0. The molecule has 0 saturated heterocycles. The van der Waals surface area contributed by atoms with Crippen LogP contribution in [0.3, 0.4) is 0 Å². The molecule has 0 amide bonds. The van der Waals surface area contributed by atoms with Gasteiger partial charge < -0.3 is 9.15 Å². The van der Waals surface area contributed by atoms with E-state index >= 15 is 0 Å². The number of fused-ring (bicyclic) bond motifs is 5. The minimum atomic E-state index is 0.896. The van der Waals surface area contributed by atoms with E-state index in [2.05, 4.69) is 158 Å². The maximum Gasteiger partial charge on any atom is 0.143 e. The van der Waals surface area contributed by atoms with Crippen LogP contribution < -0.4 is 4.74 Å². The Bertz CT molecular complexity index is 3530. The Morgan fingerprint density at radius 2 is 0.846 bits per heavy atom. The predicted molar refractivity (Wildman–Crippen MR) is 218 cm³/mol. The first kappa shape index (κ1) is 26.9. The van der Waals surface area contributed by atoms with Gasteiger partial charge in [0.1, 0.15) is 22.7 Å². The molecule has 0 radical (unpaired) electrons. The lowest BCUT2D eigenvalue weighted by Crippen LogP contribution is -1.96. The van der Waals surface area contributed by atoms with E-state index < -0.39 is 0 Å². The van der Waals surface area contributed by atoms with E-state index in [1.54, 1.807) is 0 Å². The molecule has 0 fully saturated rings. The minimum absolute atomic E-state index is 0.896. The Balaban J connectivity index is 1.19. The van der Waals surface area contributed by atoms with Crippen LogP contribution in [0.25, 0.3) is 120 Å². The predicted octanol–water partition coefficient (Wildman–Crippen LogP) is 14.5. The number of benzene rings is 11. The summed E-state index contributed by atoms with van der Waals surface area (Å²) in [5.74, 6) is 1.81. The summed E-state index contributed by atoms with van der Waals surface area (Å²) >= 11 is 0. The second-order valence-corrected chi connectivity index (χ2v) is 14.3. The summed E-state index contributed by atoms with van der Waals surface area (Å²) in [5, 5.41) is 19.4. The molecule has 0 unspecified atom stereocenters. The molecule has 238 valence electrons. The first-order valence-electron chi connectivity index (χ1n) is 17.9. The van der Waals surface area contributed by atoms with Crippen molar-refractivity contribution in [1.29, 1.82) is 0 Å². The highest BCUT2D eigenvalue weighted by atomic mass is 16.5. The van der Waals surface area contributed by atoms with E-state index in [-0.39, 0.29) is 0 Å². The quantitative estimate of drug-likeness (QED) is 0.173. The smallest absolute Gasteiger partial charge is 0.143 e. The number of hydrogen-bond donors (Lipinski definition) is 0. The van der Waals surface area contributed by atoms with Crippen LogP contribution in [-0.4, -0.2) is 0 Å². The van der Waals surface area contributed by atoms with Crippen LogP contribution in [0.1, 0.15) is 0 Å². The number of hydrogen-bond acceptors (Lipinski definition) is 2. The van der Waals surface area contributed by atoms with Gasteiger partial charge in [0.2, 0.25) is 0 Å². The van der Waals surface area contributed by atoms with Gasteiger partial charge in [0.05, 0.1) is 0 Å². The molecule has 1 aromatic heterocycles. The average Bonchev–Trinajstić information content (AvgIpc) is 3.60. The van der Waals surface area contributed by atoms with Crippen LogP contribution in [0.5, 0.6) is 11.5 Å². The Hall–Kier alpha value is -6.90. The van der Waals surface area contributed by atoms with Crippen molar-refractivity contribution < 1.29 is 9.15 Å². The summed E-state index contributed by atoms with van der Waals surface area (Å²) in [5.41, 5.74) is 6.43. The third kappa shape index (κ3) is 3.30. The van der Waals surface area contributed by atoms with Gasteiger partial charge in [-0.15, -0.1) is 0 Å². The van der Waals surface area contributed by atoms with Crippen molar-refractivity contribution in [2.45, 2.75) is 0 Å². The molecule has 0 N–H and O–H groups in total. The summed E-state index contributed by atoms with van der Waals surface area (Å²) in [6.07, 6.45) is 0. The van der Waals surface area contributed by atoms with Crippen LogP contribution in [0.2, 0.25) is 0 Å². The van der Waals surface area contributed by atoms with Crippen molar-refractivity contribution in [3.05, 3.63) is 158 Å². The second-order valence-electron chi connectivity index (χ2n) is 14.3. The molecule has 0 spiro atoms. The van der Waals surface area contributed by atoms with E-state index in [1.165, 1.54) is 70.4 Å². The standard InChI is InChI=1S/C50H26O2/c1-2-10-33-27(6-1)18-23-39-47-37(34-21-19-31-15-14-28-7-3-8-29-20-22-36(34)44(31)43(28)29)24-25-38(50(47)52-49(33)39)40-26-32-17-16-30-9-4-12-41-45(30)46(32)48-35(40)11-5-13-42(48)51-41/h1-26H. The van der Waals surface area contributed by atoms with Gasteiger partial charge in [-0.3, -0.25) is 0 Å². The van der Waals surface area contributed by atoms with Crippen molar-refractivity contribution in [2.75, 3.05) is 0 Å². The van der Waals surface area contributed by atoms with Crippen LogP contribution >= 0.6 is 0 Å². The zero-order valence-electron chi connectivity index (χ0n) is 27.8. The molecule has 11 aromatic carbocycles.